The van der Waals surface area contributed by atoms with E-state index in [9.17, 15) is 14.4 Å². The topological polar surface area (TPSA) is 85.0 Å². The van der Waals surface area contributed by atoms with Crippen LogP contribution in [0.2, 0.25) is 0 Å². The maximum Gasteiger partial charge on any atom is 0.325 e. The molecule has 1 unspecified atom stereocenters. The Labute approximate surface area is 213 Å². The normalized spacial score (nSPS) is 21.0. The molecule has 2 aromatic carbocycles. The number of rotatable bonds is 10. The molecule has 0 aliphatic carbocycles. The summed E-state index contributed by atoms with van der Waals surface area (Å²) in [7, 11) is 0. The first kappa shape index (κ1) is 25.9. The monoisotopic (exact) mass is 491 g/mol. The second kappa shape index (κ2) is 11.7. The van der Waals surface area contributed by atoms with Gasteiger partial charge in [0, 0.05) is 39.3 Å². The van der Waals surface area contributed by atoms with E-state index >= 15 is 0 Å². The van der Waals surface area contributed by atoms with Gasteiger partial charge >= 0.3 is 6.03 Å². The molecule has 1 atom stereocenters. The van der Waals surface area contributed by atoms with Gasteiger partial charge in [0.15, 0.2) is 0 Å². The molecule has 2 aromatic rings. The number of hydrogen-bond acceptors (Lipinski definition) is 5. The minimum atomic E-state index is -1.16. The van der Waals surface area contributed by atoms with E-state index in [1.807, 2.05) is 31.2 Å². The van der Waals surface area contributed by atoms with Crippen molar-refractivity contribution in [1.82, 2.24) is 25.3 Å². The van der Waals surface area contributed by atoms with Gasteiger partial charge in [-0.05, 0) is 44.4 Å². The fourth-order valence-corrected chi connectivity index (χ4v) is 4.82. The summed E-state index contributed by atoms with van der Waals surface area (Å²) in [5.41, 5.74) is 1.97. The molecule has 4 rings (SSSR count). The Morgan fingerprint density at radius 2 is 1.61 bits per heavy atom. The Hall–Kier alpha value is -3.23. The first-order valence-electron chi connectivity index (χ1n) is 12.8. The van der Waals surface area contributed by atoms with Crippen LogP contribution >= 0.6 is 0 Å². The summed E-state index contributed by atoms with van der Waals surface area (Å²) in [6, 6.07) is 17.5. The highest BCUT2D eigenvalue weighted by molar-refractivity contribution is 6.09. The molecule has 2 heterocycles. The number of imide groups is 1. The van der Waals surface area contributed by atoms with E-state index in [0.29, 0.717) is 12.1 Å². The van der Waals surface area contributed by atoms with Crippen LogP contribution in [0.15, 0.2) is 54.6 Å². The summed E-state index contributed by atoms with van der Waals surface area (Å²) in [4.78, 5) is 43.8. The Kier molecular flexibility index (Phi) is 8.38. The zero-order chi connectivity index (χ0) is 25.5. The molecule has 2 fully saturated rings. The summed E-state index contributed by atoms with van der Waals surface area (Å²) in [6.45, 7) is 10.2. The van der Waals surface area contributed by atoms with Crippen molar-refractivity contribution in [3.05, 3.63) is 71.3 Å². The van der Waals surface area contributed by atoms with Crippen LogP contribution in [0, 0.1) is 6.92 Å². The zero-order valence-electron chi connectivity index (χ0n) is 21.3. The first-order chi connectivity index (χ1) is 17.3. The van der Waals surface area contributed by atoms with E-state index in [2.05, 4.69) is 50.8 Å². The molecule has 36 heavy (non-hydrogen) atoms. The standard InChI is InChI=1S/C28H37N5O3/c1-22-10-12-24(13-11-22)28(2)26(35)33(27(36)30-28)21-25(34)29-14-6-7-15-31-16-18-32(19-17-31)20-23-8-4-3-5-9-23/h3-5,8-13H,6-7,14-21H2,1-2H3,(H,29,34)(H,30,36). The molecule has 8 nitrogen and oxygen atoms in total. The molecule has 0 radical (unpaired) electrons. The highest BCUT2D eigenvalue weighted by Gasteiger charge is 2.49. The molecular weight excluding hydrogens is 454 g/mol. The molecule has 8 heteroatoms. The second-order valence-corrected chi connectivity index (χ2v) is 9.97. The van der Waals surface area contributed by atoms with Gasteiger partial charge in [-0.2, -0.15) is 0 Å². The average Bonchev–Trinajstić information content (AvgIpc) is 3.09. The number of benzene rings is 2. The van der Waals surface area contributed by atoms with Crippen molar-refractivity contribution in [1.29, 1.82) is 0 Å². The van der Waals surface area contributed by atoms with Crippen LogP contribution < -0.4 is 10.6 Å². The summed E-state index contributed by atoms with van der Waals surface area (Å²) in [6.07, 6.45) is 1.85. The average molecular weight is 492 g/mol. The minimum absolute atomic E-state index is 0.268. The van der Waals surface area contributed by atoms with Crippen molar-refractivity contribution in [3.8, 4) is 0 Å². The van der Waals surface area contributed by atoms with Crippen molar-refractivity contribution in [2.45, 2.75) is 38.8 Å². The Balaban J connectivity index is 1.12. The SMILES string of the molecule is Cc1ccc(C2(C)NC(=O)N(CC(=O)NCCCCN3CCN(Cc4ccccc4)CC3)C2=O)cc1. The quantitative estimate of drug-likeness (QED) is 0.394. The minimum Gasteiger partial charge on any atom is -0.355 e. The van der Waals surface area contributed by atoms with E-state index in [0.717, 1.165) is 62.6 Å². The molecule has 0 bridgehead atoms. The Bertz CT molecular complexity index is 1050. The van der Waals surface area contributed by atoms with Gasteiger partial charge in [-0.3, -0.25) is 19.4 Å². The number of amides is 4. The number of aryl methyl sites for hydroxylation is 1. The fraction of sp³-hybridized carbons (Fsp3) is 0.464. The first-order valence-corrected chi connectivity index (χ1v) is 12.8. The van der Waals surface area contributed by atoms with E-state index in [4.69, 9.17) is 0 Å². The number of hydrogen-bond donors (Lipinski definition) is 2. The van der Waals surface area contributed by atoms with E-state index in [1.54, 1.807) is 6.92 Å². The number of carbonyl (C=O) groups is 3. The van der Waals surface area contributed by atoms with Crippen LogP contribution in [0.4, 0.5) is 4.79 Å². The smallest absolute Gasteiger partial charge is 0.325 e. The van der Waals surface area contributed by atoms with Crippen molar-refractivity contribution in [3.63, 3.8) is 0 Å². The number of unbranched alkanes of at least 4 members (excludes halogenated alkanes) is 1. The number of nitrogens with zero attached hydrogens (tertiary/aromatic N) is 3. The van der Waals surface area contributed by atoms with Gasteiger partial charge in [0.2, 0.25) is 5.91 Å². The second-order valence-electron chi connectivity index (χ2n) is 9.97. The van der Waals surface area contributed by atoms with Crippen molar-refractivity contribution in [2.75, 3.05) is 45.8 Å². The van der Waals surface area contributed by atoms with E-state index < -0.39 is 17.5 Å². The van der Waals surface area contributed by atoms with Crippen LogP contribution in [0.5, 0.6) is 0 Å². The molecule has 2 aliphatic heterocycles. The molecular formula is C28H37N5O3. The Morgan fingerprint density at radius 1 is 0.944 bits per heavy atom. The number of urea groups is 1. The highest BCUT2D eigenvalue weighted by Crippen LogP contribution is 2.28. The Morgan fingerprint density at radius 3 is 2.31 bits per heavy atom. The van der Waals surface area contributed by atoms with Gasteiger partial charge in [0.05, 0.1) is 0 Å². The van der Waals surface area contributed by atoms with Gasteiger partial charge in [0.1, 0.15) is 12.1 Å². The van der Waals surface area contributed by atoms with Crippen LogP contribution in [0.1, 0.15) is 36.5 Å². The predicted octanol–water partition coefficient (Wildman–Crippen LogP) is 2.48. The molecule has 2 saturated heterocycles. The number of carbonyl (C=O) groups excluding carboxylic acids is 3. The van der Waals surface area contributed by atoms with Crippen LogP contribution in [0.3, 0.4) is 0 Å². The van der Waals surface area contributed by atoms with Crippen LogP contribution in [-0.2, 0) is 21.7 Å². The van der Waals surface area contributed by atoms with Gasteiger partial charge in [-0.15, -0.1) is 0 Å². The number of piperazine rings is 1. The largest absolute Gasteiger partial charge is 0.355 e. The van der Waals surface area contributed by atoms with Gasteiger partial charge in [0.25, 0.3) is 5.91 Å². The summed E-state index contributed by atoms with van der Waals surface area (Å²) < 4.78 is 0. The molecule has 2 N–H and O–H groups in total. The predicted molar refractivity (Wildman–Crippen MR) is 139 cm³/mol. The third kappa shape index (κ3) is 6.30. The fourth-order valence-electron chi connectivity index (χ4n) is 4.82. The lowest BCUT2D eigenvalue weighted by molar-refractivity contribution is -0.134. The molecule has 0 saturated carbocycles. The van der Waals surface area contributed by atoms with Crippen LogP contribution in [0.25, 0.3) is 0 Å². The maximum absolute atomic E-state index is 13.0. The lowest BCUT2D eigenvalue weighted by Crippen LogP contribution is -2.46. The molecule has 0 aromatic heterocycles. The van der Waals surface area contributed by atoms with Crippen molar-refractivity contribution in [2.24, 2.45) is 0 Å². The van der Waals surface area contributed by atoms with Crippen molar-refractivity contribution < 1.29 is 14.4 Å². The van der Waals surface area contributed by atoms with Crippen LogP contribution in [-0.4, -0.2) is 78.4 Å². The van der Waals surface area contributed by atoms with E-state index in [-0.39, 0.29) is 12.5 Å². The highest BCUT2D eigenvalue weighted by atomic mass is 16.2. The number of nitrogens with one attached hydrogen (secondary N) is 2. The lowest BCUT2D eigenvalue weighted by Gasteiger charge is -2.34. The molecule has 0 spiro atoms. The summed E-state index contributed by atoms with van der Waals surface area (Å²) in [5.74, 6) is -0.723. The van der Waals surface area contributed by atoms with Gasteiger partial charge in [-0.1, -0.05) is 60.2 Å². The third-order valence-corrected chi connectivity index (χ3v) is 7.14. The molecule has 2 aliphatic rings. The van der Waals surface area contributed by atoms with Gasteiger partial charge < -0.3 is 15.5 Å². The molecule has 192 valence electrons. The van der Waals surface area contributed by atoms with Crippen molar-refractivity contribution >= 4 is 17.8 Å². The molecule has 4 amide bonds. The summed E-state index contributed by atoms with van der Waals surface area (Å²) in [5, 5.41) is 5.61. The van der Waals surface area contributed by atoms with E-state index in [1.165, 1.54) is 5.56 Å². The van der Waals surface area contributed by atoms with Gasteiger partial charge in [-0.25, -0.2) is 4.79 Å². The maximum atomic E-state index is 13.0. The zero-order valence-corrected chi connectivity index (χ0v) is 21.3. The summed E-state index contributed by atoms with van der Waals surface area (Å²) >= 11 is 0. The third-order valence-electron chi connectivity index (χ3n) is 7.14. The lowest BCUT2D eigenvalue weighted by atomic mass is 9.91.